The van der Waals surface area contributed by atoms with E-state index in [-0.39, 0.29) is 5.91 Å². The molecule has 1 amide bonds. The first-order chi connectivity index (χ1) is 8.75. The lowest BCUT2D eigenvalue weighted by atomic mass is 9.93. The topological polar surface area (TPSA) is 41.1 Å². The van der Waals surface area contributed by atoms with E-state index >= 15 is 0 Å². The lowest BCUT2D eigenvalue weighted by Gasteiger charge is -2.28. The summed E-state index contributed by atoms with van der Waals surface area (Å²) < 4.78 is 0. The van der Waals surface area contributed by atoms with Crippen LogP contribution >= 0.6 is 12.2 Å². The minimum absolute atomic E-state index is 0.0672. The summed E-state index contributed by atoms with van der Waals surface area (Å²) in [5.41, 5.74) is 0. The number of carbonyl (C=O) groups is 1. The summed E-state index contributed by atoms with van der Waals surface area (Å²) in [4.78, 5) is 12.4. The Morgan fingerprint density at radius 3 is 1.83 bits per heavy atom. The minimum Gasteiger partial charge on any atom is -0.369 e. The molecule has 0 aromatic heterocycles. The van der Waals surface area contributed by atoms with Crippen molar-refractivity contribution in [2.45, 2.75) is 76.3 Å². The van der Waals surface area contributed by atoms with Crippen LogP contribution in [0.15, 0.2) is 0 Å². The minimum atomic E-state index is -0.0672. The van der Waals surface area contributed by atoms with Gasteiger partial charge in [0.15, 0.2) is 4.99 Å². The van der Waals surface area contributed by atoms with Crippen molar-refractivity contribution in [3.63, 3.8) is 0 Å². The van der Waals surface area contributed by atoms with Crippen LogP contribution in [0.5, 0.6) is 0 Å². The smallest absolute Gasteiger partial charge is 0.278 e. The molecule has 0 atom stereocenters. The summed E-state index contributed by atoms with van der Waals surface area (Å²) >= 11 is 5.16. The molecule has 3 nitrogen and oxygen atoms in total. The Labute approximate surface area is 115 Å². The average Bonchev–Trinajstić information content (AvgIpc) is 2.26. The average molecular weight is 268 g/mol. The van der Waals surface area contributed by atoms with E-state index in [0.717, 1.165) is 25.7 Å². The van der Waals surface area contributed by atoms with Crippen LogP contribution in [0.2, 0.25) is 0 Å². The van der Waals surface area contributed by atoms with Crippen molar-refractivity contribution in [3.8, 4) is 0 Å². The molecule has 2 fully saturated rings. The van der Waals surface area contributed by atoms with Crippen molar-refractivity contribution in [3.05, 3.63) is 0 Å². The molecular weight excluding hydrogens is 244 g/mol. The summed E-state index contributed by atoms with van der Waals surface area (Å²) in [5.74, 6) is -0.0672. The van der Waals surface area contributed by atoms with Gasteiger partial charge >= 0.3 is 0 Å². The van der Waals surface area contributed by atoms with Crippen molar-refractivity contribution in [2.24, 2.45) is 0 Å². The van der Waals surface area contributed by atoms with Gasteiger partial charge < -0.3 is 10.6 Å². The first-order valence-electron chi connectivity index (χ1n) is 7.37. The molecule has 2 aliphatic rings. The van der Waals surface area contributed by atoms with E-state index in [1.165, 1.54) is 38.5 Å². The normalized spacial score (nSPS) is 22.4. The molecule has 2 N–H and O–H groups in total. The van der Waals surface area contributed by atoms with Crippen LogP contribution in [0.1, 0.15) is 64.2 Å². The third kappa shape index (κ3) is 4.23. The van der Waals surface area contributed by atoms with Gasteiger partial charge in [-0.3, -0.25) is 4.79 Å². The highest BCUT2D eigenvalue weighted by Crippen LogP contribution is 2.19. The molecular formula is C14H24N2OS. The van der Waals surface area contributed by atoms with Crippen molar-refractivity contribution >= 4 is 23.1 Å². The fourth-order valence-electron chi connectivity index (χ4n) is 2.65. The first kappa shape index (κ1) is 13.8. The molecule has 2 aliphatic carbocycles. The predicted molar refractivity (Wildman–Crippen MR) is 77.6 cm³/mol. The zero-order chi connectivity index (χ0) is 12.8. The van der Waals surface area contributed by atoms with Gasteiger partial charge in [-0.1, -0.05) is 44.3 Å². The Bertz CT molecular complexity index is 294. The molecule has 0 unspecified atom stereocenters. The Morgan fingerprint density at radius 1 is 0.778 bits per heavy atom. The summed E-state index contributed by atoms with van der Waals surface area (Å²) in [7, 11) is 0. The number of hydrogen-bond donors (Lipinski definition) is 2. The number of thiocarbonyl (C=S) groups is 1. The van der Waals surface area contributed by atoms with Crippen LogP contribution in [0.4, 0.5) is 0 Å². The third-order valence-corrected chi connectivity index (χ3v) is 4.39. The number of hydrogen-bond acceptors (Lipinski definition) is 2. The molecule has 102 valence electrons. The summed E-state index contributed by atoms with van der Waals surface area (Å²) in [6, 6.07) is 0.777. The molecule has 0 aromatic rings. The third-order valence-electron chi connectivity index (χ3n) is 4.09. The largest absolute Gasteiger partial charge is 0.369 e. The molecule has 0 heterocycles. The van der Waals surface area contributed by atoms with Crippen molar-refractivity contribution in [1.82, 2.24) is 10.6 Å². The summed E-state index contributed by atoms with van der Waals surface area (Å²) in [6.45, 7) is 0. The molecule has 0 saturated heterocycles. The maximum atomic E-state index is 12.0. The molecule has 0 spiro atoms. The maximum Gasteiger partial charge on any atom is 0.278 e. The van der Waals surface area contributed by atoms with E-state index in [0.29, 0.717) is 17.1 Å². The van der Waals surface area contributed by atoms with Gasteiger partial charge in [-0.2, -0.15) is 0 Å². The van der Waals surface area contributed by atoms with Crippen LogP contribution in [0.3, 0.4) is 0 Å². The van der Waals surface area contributed by atoms with Gasteiger partial charge in [0.2, 0.25) is 0 Å². The second-order valence-electron chi connectivity index (χ2n) is 5.62. The molecule has 0 bridgehead atoms. The fourth-order valence-corrected chi connectivity index (χ4v) is 2.88. The van der Waals surface area contributed by atoms with Crippen LogP contribution in [0.25, 0.3) is 0 Å². The van der Waals surface area contributed by atoms with Crippen LogP contribution in [0, 0.1) is 0 Å². The standard InChI is InChI=1S/C14H24N2OS/c17-13(14(18)16-12-9-6-10-12)15-11-7-4-2-1-3-5-8-11/h11-12H,1-10H2,(H,15,17)(H,16,18). The second-order valence-corrected chi connectivity index (χ2v) is 6.03. The van der Waals surface area contributed by atoms with Gasteiger partial charge in [0, 0.05) is 12.1 Å². The quantitative estimate of drug-likeness (QED) is 0.757. The fraction of sp³-hybridized carbons (Fsp3) is 0.857. The van der Waals surface area contributed by atoms with Crippen molar-refractivity contribution in [1.29, 1.82) is 0 Å². The van der Waals surface area contributed by atoms with E-state index in [2.05, 4.69) is 10.6 Å². The Balaban J connectivity index is 1.72. The molecule has 0 radical (unpaired) electrons. The van der Waals surface area contributed by atoms with E-state index in [9.17, 15) is 4.79 Å². The van der Waals surface area contributed by atoms with Gasteiger partial charge in [-0.15, -0.1) is 0 Å². The molecule has 2 saturated carbocycles. The number of carbonyl (C=O) groups excluding carboxylic acids is 1. The lowest BCUT2D eigenvalue weighted by Crippen LogP contribution is -2.48. The van der Waals surface area contributed by atoms with Crippen LogP contribution in [-0.4, -0.2) is 23.0 Å². The highest BCUT2D eigenvalue weighted by atomic mass is 32.1. The molecule has 2 rings (SSSR count). The highest BCUT2D eigenvalue weighted by molar-refractivity contribution is 7.82. The summed E-state index contributed by atoms with van der Waals surface area (Å²) in [6.07, 6.45) is 12.2. The second kappa shape index (κ2) is 7.07. The van der Waals surface area contributed by atoms with E-state index in [4.69, 9.17) is 12.2 Å². The maximum absolute atomic E-state index is 12.0. The van der Waals surface area contributed by atoms with Crippen LogP contribution in [-0.2, 0) is 4.79 Å². The molecule has 18 heavy (non-hydrogen) atoms. The van der Waals surface area contributed by atoms with Gasteiger partial charge in [-0.25, -0.2) is 0 Å². The SMILES string of the molecule is O=C(NC1CCCCCCC1)C(=S)NC1CCC1. The molecule has 4 heteroatoms. The Kier molecular flexibility index (Phi) is 5.42. The zero-order valence-corrected chi connectivity index (χ0v) is 11.9. The highest BCUT2D eigenvalue weighted by Gasteiger charge is 2.22. The Hall–Kier alpha value is -0.640. The van der Waals surface area contributed by atoms with Crippen LogP contribution < -0.4 is 10.6 Å². The first-order valence-corrected chi connectivity index (χ1v) is 7.78. The van der Waals surface area contributed by atoms with Crippen molar-refractivity contribution in [2.75, 3.05) is 0 Å². The zero-order valence-electron chi connectivity index (χ0n) is 11.0. The van der Waals surface area contributed by atoms with E-state index < -0.39 is 0 Å². The van der Waals surface area contributed by atoms with Gasteiger partial charge in [0.25, 0.3) is 5.91 Å². The van der Waals surface area contributed by atoms with Crippen molar-refractivity contribution < 1.29 is 4.79 Å². The monoisotopic (exact) mass is 268 g/mol. The number of nitrogens with one attached hydrogen (secondary N) is 2. The van der Waals surface area contributed by atoms with Gasteiger partial charge in [0.05, 0.1) is 0 Å². The van der Waals surface area contributed by atoms with E-state index in [1.807, 2.05) is 0 Å². The number of amides is 1. The lowest BCUT2D eigenvalue weighted by molar-refractivity contribution is -0.115. The molecule has 0 aliphatic heterocycles. The van der Waals surface area contributed by atoms with E-state index in [1.54, 1.807) is 0 Å². The predicted octanol–water partition coefficient (Wildman–Crippen LogP) is 2.69. The Morgan fingerprint density at radius 2 is 1.28 bits per heavy atom. The van der Waals surface area contributed by atoms with Gasteiger partial charge in [-0.05, 0) is 32.1 Å². The molecule has 0 aromatic carbocycles. The van der Waals surface area contributed by atoms with Gasteiger partial charge in [0.1, 0.15) is 0 Å². The number of rotatable bonds is 2. The summed E-state index contributed by atoms with van der Waals surface area (Å²) in [5, 5.41) is 6.25.